The summed E-state index contributed by atoms with van der Waals surface area (Å²) < 4.78 is 41.3. The summed E-state index contributed by atoms with van der Waals surface area (Å²) in [4.78, 5) is 16.3. The third-order valence-corrected chi connectivity index (χ3v) is 4.35. The third-order valence-electron chi connectivity index (χ3n) is 4.35. The molecule has 0 unspecified atom stereocenters. The van der Waals surface area contributed by atoms with Gasteiger partial charge in [0.1, 0.15) is 0 Å². The molecule has 1 N–H and O–H groups in total. The van der Waals surface area contributed by atoms with Crippen molar-refractivity contribution >= 4 is 22.4 Å². The van der Waals surface area contributed by atoms with E-state index in [0.29, 0.717) is 11.3 Å². The zero-order valence-corrected chi connectivity index (χ0v) is 14.4. The first-order chi connectivity index (χ1) is 13.4. The molecule has 0 radical (unpaired) electrons. The minimum atomic E-state index is -4.52. The van der Waals surface area contributed by atoms with E-state index in [1.54, 1.807) is 17.0 Å². The number of benzene rings is 2. The van der Waals surface area contributed by atoms with Gasteiger partial charge in [-0.2, -0.15) is 13.2 Å². The normalized spacial score (nSPS) is 11.5. The number of hydrogen-bond acceptors (Lipinski definition) is 2. The van der Waals surface area contributed by atoms with Crippen LogP contribution in [0.25, 0.3) is 16.5 Å². The summed E-state index contributed by atoms with van der Waals surface area (Å²) in [5.41, 5.74) is -0.0300. The average Bonchev–Trinajstić information content (AvgIpc) is 3.12. The van der Waals surface area contributed by atoms with E-state index in [0.717, 1.165) is 22.9 Å². The van der Waals surface area contributed by atoms with Gasteiger partial charge in [0.25, 0.3) is 5.91 Å². The molecule has 4 nitrogen and oxygen atoms in total. The number of rotatable bonds is 3. The van der Waals surface area contributed by atoms with E-state index in [1.165, 1.54) is 30.6 Å². The SMILES string of the molecule is O=C(Nc1cc(C(F)(F)F)ccc1-n1cc2ccccc2c1)c1ccncc1. The maximum Gasteiger partial charge on any atom is 0.416 e. The lowest BCUT2D eigenvalue weighted by Crippen LogP contribution is -2.15. The first kappa shape index (κ1) is 17.8. The van der Waals surface area contributed by atoms with Crippen molar-refractivity contribution < 1.29 is 18.0 Å². The first-order valence-electron chi connectivity index (χ1n) is 8.41. The van der Waals surface area contributed by atoms with Crippen LogP contribution in [0, 0.1) is 0 Å². The summed E-state index contributed by atoms with van der Waals surface area (Å²) >= 11 is 0. The number of nitrogens with one attached hydrogen (secondary N) is 1. The van der Waals surface area contributed by atoms with Crippen LogP contribution in [0.15, 0.2) is 79.4 Å². The van der Waals surface area contributed by atoms with Crippen LogP contribution in [0.3, 0.4) is 0 Å². The quantitative estimate of drug-likeness (QED) is 0.524. The molecule has 0 aliphatic heterocycles. The molecule has 140 valence electrons. The van der Waals surface area contributed by atoms with Crippen LogP contribution in [-0.4, -0.2) is 15.5 Å². The Balaban J connectivity index is 1.80. The Hall–Kier alpha value is -3.61. The zero-order chi connectivity index (χ0) is 19.7. The van der Waals surface area contributed by atoms with Crippen molar-refractivity contribution in [2.45, 2.75) is 6.18 Å². The summed E-state index contributed by atoms with van der Waals surface area (Å²) in [6, 6.07) is 13.9. The highest BCUT2D eigenvalue weighted by Crippen LogP contribution is 2.34. The standard InChI is InChI=1S/C21H14F3N3O/c22-21(23,24)17-5-6-19(27-12-15-3-1-2-4-16(15)13-27)18(11-17)26-20(28)14-7-9-25-10-8-14/h1-13H,(H,26,28). The zero-order valence-electron chi connectivity index (χ0n) is 14.4. The molecule has 4 aromatic rings. The molecule has 0 fully saturated rings. The van der Waals surface area contributed by atoms with Crippen LogP contribution in [-0.2, 0) is 6.18 Å². The highest BCUT2D eigenvalue weighted by atomic mass is 19.4. The van der Waals surface area contributed by atoms with E-state index in [1.807, 2.05) is 24.3 Å². The van der Waals surface area contributed by atoms with Crippen LogP contribution in [0.1, 0.15) is 15.9 Å². The number of fused-ring (bicyclic) bond motifs is 1. The molecule has 28 heavy (non-hydrogen) atoms. The molecule has 2 heterocycles. The molecule has 0 saturated heterocycles. The number of aromatic nitrogens is 2. The fraction of sp³-hybridized carbons (Fsp3) is 0.0476. The second-order valence-corrected chi connectivity index (χ2v) is 6.21. The lowest BCUT2D eigenvalue weighted by atomic mass is 10.1. The second-order valence-electron chi connectivity index (χ2n) is 6.21. The van der Waals surface area contributed by atoms with Crippen molar-refractivity contribution in [3.8, 4) is 5.69 Å². The third kappa shape index (κ3) is 3.46. The molecule has 0 aliphatic rings. The highest BCUT2D eigenvalue weighted by molar-refractivity contribution is 6.05. The Morgan fingerprint density at radius 1 is 0.929 bits per heavy atom. The number of carbonyl (C=O) groups excluding carboxylic acids is 1. The van der Waals surface area contributed by atoms with Crippen molar-refractivity contribution in [3.05, 3.63) is 90.5 Å². The van der Waals surface area contributed by atoms with Crippen LogP contribution in [0.2, 0.25) is 0 Å². The van der Waals surface area contributed by atoms with Crippen LogP contribution >= 0.6 is 0 Å². The second kappa shape index (κ2) is 6.84. The Bertz CT molecular complexity index is 1120. The molecule has 7 heteroatoms. The molecular weight excluding hydrogens is 367 g/mol. The smallest absolute Gasteiger partial charge is 0.321 e. The molecule has 0 saturated carbocycles. The van der Waals surface area contributed by atoms with Crippen molar-refractivity contribution in [2.24, 2.45) is 0 Å². The van der Waals surface area contributed by atoms with Gasteiger partial charge in [-0.25, -0.2) is 0 Å². The monoisotopic (exact) mass is 381 g/mol. The van der Waals surface area contributed by atoms with Gasteiger partial charge in [0, 0.05) is 30.4 Å². The van der Waals surface area contributed by atoms with Crippen molar-refractivity contribution in [2.75, 3.05) is 5.32 Å². The number of anilines is 1. The maximum atomic E-state index is 13.2. The fourth-order valence-electron chi connectivity index (χ4n) is 2.96. The van der Waals surface area contributed by atoms with Crippen LogP contribution in [0.5, 0.6) is 0 Å². The molecule has 0 atom stereocenters. The van der Waals surface area contributed by atoms with E-state index in [4.69, 9.17) is 0 Å². The van der Waals surface area contributed by atoms with Crippen molar-refractivity contribution in [1.29, 1.82) is 0 Å². The van der Waals surface area contributed by atoms with Gasteiger partial charge < -0.3 is 9.88 Å². The van der Waals surface area contributed by atoms with Gasteiger partial charge in [-0.05, 0) is 41.1 Å². The molecule has 1 amide bonds. The van der Waals surface area contributed by atoms with Gasteiger partial charge in [0.2, 0.25) is 0 Å². The molecule has 0 aliphatic carbocycles. The van der Waals surface area contributed by atoms with E-state index < -0.39 is 17.6 Å². The van der Waals surface area contributed by atoms with Gasteiger partial charge in [0.05, 0.1) is 16.9 Å². The number of carbonyl (C=O) groups is 1. The van der Waals surface area contributed by atoms with Gasteiger partial charge in [-0.1, -0.05) is 24.3 Å². The van der Waals surface area contributed by atoms with Crippen LogP contribution in [0.4, 0.5) is 18.9 Å². The van der Waals surface area contributed by atoms with E-state index in [9.17, 15) is 18.0 Å². The predicted octanol–water partition coefficient (Wildman–Crippen LogP) is 5.30. The Labute approximate surface area is 158 Å². The lowest BCUT2D eigenvalue weighted by molar-refractivity contribution is -0.137. The Kier molecular flexibility index (Phi) is 4.35. The molecule has 4 rings (SSSR count). The molecule has 0 bridgehead atoms. The van der Waals surface area contributed by atoms with Gasteiger partial charge in [-0.3, -0.25) is 9.78 Å². The maximum absolute atomic E-state index is 13.2. The summed E-state index contributed by atoms with van der Waals surface area (Å²) in [7, 11) is 0. The van der Waals surface area contributed by atoms with E-state index in [-0.39, 0.29) is 5.69 Å². The summed E-state index contributed by atoms with van der Waals surface area (Å²) in [5, 5.41) is 4.47. The molecular formula is C21H14F3N3O. The Morgan fingerprint density at radius 3 is 2.18 bits per heavy atom. The highest BCUT2D eigenvalue weighted by Gasteiger charge is 2.31. The average molecular weight is 381 g/mol. The Morgan fingerprint density at radius 2 is 1.57 bits per heavy atom. The van der Waals surface area contributed by atoms with Crippen LogP contribution < -0.4 is 5.32 Å². The minimum Gasteiger partial charge on any atom is -0.321 e. The van der Waals surface area contributed by atoms with Gasteiger partial charge in [0.15, 0.2) is 0 Å². The topological polar surface area (TPSA) is 46.9 Å². The van der Waals surface area contributed by atoms with Crippen molar-refractivity contribution in [1.82, 2.24) is 9.55 Å². The largest absolute Gasteiger partial charge is 0.416 e. The molecule has 0 spiro atoms. The van der Waals surface area contributed by atoms with Gasteiger partial charge in [-0.15, -0.1) is 0 Å². The first-order valence-corrected chi connectivity index (χ1v) is 8.41. The predicted molar refractivity (Wildman–Crippen MR) is 100 cm³/mol. The number of halogens is 3. The number of alkyl halides is 3. The number of pyridine rings is 1. The minimum absolute atomic E-state index is 0.0666. The summed E-state index contributed by atoms with van der Waals surface area (Å²) in [6.45, 7) is 0. The molecule has 2 aromatic carbocycles. The summed E-state index contributed by atoms with van der Waals surface area (Å²) in [5.74, 6) is -0.514. The number of amides is 1. The number of nitrogens with zero attached hydrogens (tertiary/aromatic N) is 2. The fourth-order valence-corrected chi connectivity index (χ4v) is 2.96. The van der Waals surface area contributed by atoms with E-state index in [2.05, 4.69) is 10.3 Å². The van der Waals surface area contributed by atoms with Gasteiger partial charge >= 0.3 is 6.18 Å². The van der Waals surface area contributed by atoms with E-state index >= 15 is 0 Å². The molecule has 2 aromatic heterocycles. The lowest BCUT2D eigenvalue weighted by Gasteiger charge is -2.15. The summed E-state index contributed by atoms with van der Waals surface area (Å²) in [6.07, 6.45) is 1.98. The van der Waals surface area contributed by atoms with Crippen molar-refractivity contribution in [3.63, 3.8) is 0 Å². The number of hydrogen-bond donors (Lipinski definition) is 1.